The number of carbonyl (C=O) groups excluding carboxylic acids is 1. The van der Waals surface area contributed by atoms with Crippen LogP contribution in [0, 0.1) is 5.82 Å². The average molecular weight is 384 g/mol. The van der Waals surface area contributed by atoms with Gasteiger partial charge in [0, 0.05) is 33.3 Å². The molecule has 2 aromatic rings. The van der Waals surface area contributed by atoms with Crippen LogP contribution < -0.4 is 10.1 Å². The van der Waals surface area contributed by atoms with Crippen LogP contribution in [0.3, 0.4) is 0 Å². The number of thioether (sulfide) groups is 1. The summed E-state index contributed by atoms with van der Waals surface area (Å²) in [7, 11) is 1.40. The third kappa shape index (κ3) is 4.74. The molecule has 0 saturated carbocycles. The summed E-state index contributed by atoms with van der Waals surface area (Å²) in [5.41, 5.74) is 0.425. The molecule has 2 rings (SSSR count). The van der Waals surface area contributed by atoms with E-state index >= 15 is 0 Å². The maximum atomic E-state index is 13.5. The fourth-order valence-corrected chi connectivity index (χ4v) is 3.30. The Labute approximate surface area is 141 Å². The molecule has 0 radical (unpaired) electrons. The van der Waals surface area contributed by atoms with Crippen molar-refractivity contribution in [2.75, 3.05) is 18.2 Å². The van der Waals surface area contributed by atoms with Gasteiger partial charge in [0.25, 0.3) is 0 Å². The summed E-state index contributed by atoms with van der Waals surface area (Å²) in [6.07, 6.45) is 0.347. The Morgan fingerprint density at radius 2 is 2.09 bits per heavy atom. The highest BCUT2D eigenvalue weighted by Crippen LogP contribution is 2.27. The largest absolute Gasteiger partial charge is 0.494 e. The van der Waals surface area contributed by atoms with Crippen molar-refractivity contribution < 1.29 is 13.9 Å². The van der Waals surface area contributed by atoms with E-state index in [-0.39, 0.29) is 11.7 Å². The fourth-order valence-electron chi connectivity index (χ4n) is 1.78. The quantitative estimate of drug-likeness (QED) is 0.733. The Kier molecular flexibility index (Phi) is 6.27. The third-order valence-corrected chi connectivity index (χ3v) is 4.89. The third-order valence-electron chi connectivity index (χ3n) is 2.86. The van der Waals surface area contributed by atoms with Gasteiger partial charge < -0.3 is 10.1 Å². The summed E-state index contributed by atoms with van der Waals surface area (Å²) in [4.78, 5) is 13.0. The normalized spacial score (nSPS) is 10.3. The van der Waals surface area contributed by atoms with Crippen LogP contribution in [-0.2, 0) is 4.79 Å². The molecule has 0 spiro atoms. The fraction of sp³-hybridized carbons (Fsp3) is 0.188. The Morgan fingerprint density at radius 1 is 1.32 bits per heavy atom. The number of benzene rings is 2. The summed E-state index contributed by atoms with van der Waals surface area (Å²) >= 11 is 5.06. The SMILES string of the molecule is COc1ccc(NC(=O)CCSc2ccccc2Br)cc1F. The lowest BCUT2D eigenvalue weighted by Gasteiger charge is -2.08. The molecule has 0 aliphatic rings. The van der Waals surface area contributed by atoms with E-state index in [0.29, 0.717) is 17.9 Å². The minimum absolute atomic E-state index is 0.149. The van der Waals surface area contributed by atoms with Crippen LogP contribution in [0.4, 0.5) is 10.1 Å². The van der Waals surface area contributed by atoms with Gasteiger partial charge in [-0.3, -0.25) is 4.79 Å². The summed E-state index contributed by atoms with van der Waals surface area (Å²) in [6.45, 7) is 0. The molecule has 0 atom stereocenters. The second kappa shape index (κ2) is 8.19. The van der Waals surface area contributed by atoms with Crippen molar-refractivity contribution in [2.24, 2.45) is 0 Å². The van der Waals surface area contributed by atoms with Gasteiger partial charge in [0.05, 0.1) is 7.11 Å². The van der Waals surface area contributed by atoms with E-state index in [2.05, 4.69) is 21.2 Å². The molecule has 2 aromatic carbocycles. The van der Waals surface area contributed by atoms with Crippen LogP contribution in [0.15, 0.2) is 51.8 Å². The molecule has 0 aromatic heterocycles. The number of methoxy groups -OCH3 is 1. The highest BCUT2D eigenvalue weighted by atomic mass is 79.9. The summed E-state index contributed by atoms with van der Waals surface area (Å²) < 4.78 is 19.4. The Bertz CT molecular complexity index is 666. The van der Waals surface area contributed by atoms with Crippen LogP contribution in [0.25, 0.3) is 0 Å². The van der Waals surface area contributed by atoms with Crippen molar-refractivity contribution in [3.63, 3.8) is 0 Å². The van der Waals surface area contributed by atoms with Gasteiger partial charge in [-0.15, -0.1) is 11.8 Å². The number of carbonyl (C=O) groups is 1. The molecular formula is C16H15BrFNO2S. The van der Waals surface area contributed by atoms with E-state index in [1.807, 2.05) is 24.3 Å². The lowest BCUT2D eigenvalue weighted by Crippen LogP contribution is -2.12. The number of hydrogen-bond donors (Lipinski definition) is 1. The minimum atomic E-state index is -0.497. The van der Waals surface area contributed by atoms with Crippen molar-refractivity contribution in [3.8, 4) is 5.75 Å². The molecule has 0 saturated heterocycles. The molecule has 6 heteroatoms. The van der Waals surface area contributed by atoms with Gasteiger partial charge in [-0.2, -0.15) is 0 Å². The smallest absolute Gasteiger partial charge is 0.225 e. The first-order valence-electron chi connectivity index (χ1n) is 6.61. The molecule has 1 N–H and O–H groups in total. The maximum absolute atomic E-state index is 13.5. The predicted octanol–water partition coefficient (Wildman–Crippen LogP) is 4.72. The topological polar surface area (TPSA) is 38.3 Å². The van der Waals surface area contributed by atoms with Gasteiger partial charge in [-0.25, -0.2) is 4.39 Å². The maximum Gasteiger partial charge on any atom is 0.225 e. The van der Waals surface area contributed by atoms with E-state index in [0.717, 1.165) is 9.37 Å². The first kappa shape index (κ1) is 16.8. The van der Waals surface area contributed by atoms with Crippen molar-refractivity contribution in [3.05, 3.63) is 52.8 Å². The highest BCUT2D eigenvalue weighted by Gasteiger charge is 2.07. The van der Waals surface area contributed by atoms with Crippen molar-refractivity contribution in [1.82, 2.24) is 0 Å². The van der Waals surface area contributed by atoms with E-state index < -0.39 is 5.82 Å². The number of anilines is 1. The van der Waals surface area contributed by atoms with Gasteiger partial charge >= 0.3 is 0 Å². The second-order valence-corrected chi connectivity index (χ2v) is 6.42. The number of ether oxygens (including phenoxy) is 1. The Hall–Kier alpha value is -1.53. The van der Waals surface area contributed by atoms with Gasteiger partial charge in [0.1, 0.15) is 0 Å². The molecule has 0 bridgehead atoms. The molecule has 1 amide bonds. The molecule has 0 heterocycles. The molecule has 0 unspecified atom stereocenters. The molecule has 0 fully saturated rings. The van der Waals surface area contributed by atoms with Crippen molar-refractivity contribution >= 4 is 39.3 Å². The van der Waals surface area contributed by atoms with Crippen LogP contribution >= 0.6 is 27.7 Å². The molecule has 3 nitrogen and oxygen atoms in total. The van der Waals surface area contributed by atoms with Crippen LogP contribution in [-0.4, -0.2) is 18.8 Å². The predicted molar refractivity (Wildman–Crippen MR) is 91.1 cm³/mol. The first-order valence-corrected chi connectivity index (χ1v) is 8.38. The summed E-state index contributed by atoms with van der Waals surface area (Å²) in [6, 6.07) is 12.2. The zero-order valence-corrected chi connectivity index (χ0v) is 14.3. The number of amides is 1. The van der Waals surface area contributed by atoms with E-state index in [9.17, 15) is 9.18 Å². The Balaban J connectivity index is 1.83. The lowest BCUT2D eigenvalue weighted by molar-refractivity contribution is -0.115. The molecule has 22 heavy (non-hydrogen) atoms. The molecule has 0 aliphatic carbocycles. The zero-order chi connectivity index (χ0) is 15.9. The monoisotopic (exact) mass is 383 g/mol. The number of hydrogen-bond acceptors (Lipinski definition) is 3. The average Bonchev–Trinajstić information content (AvgIpc) is 2.49. The van der Waals surface area contributed by atoms with Crippen LogP contribution in [0.2, 0.25) is 0 Å². The lowest BCUT2D eigenvalue weighted by atomic mass is 10.3. The standard InChI is InChI=1S/C16H15BrFNO2S/c1-21-14-7-6-11(10-13(14)18)19-16(20)8-9-22-15-5-3-2-4-12(15)17/h2-7,10H,8-9H2,1H3,(H,19,20). The van der Waals surface area contributed by atoms with Crippen molar-refractivity contribution in [1.29, 1.82) is 0 Å². The Morgan fingerprint density at radius 3 is 2.77 bits per heavy atom. The molecular weight excluding hydrogens is 369 g/mol. The number of nitrogens with one attached hydrogen (secondary N) is 1. The first-order chi connectivity index (χ1) is 10.6. The van der Waals surface area contributed by atoms with Crippen molar-refractivity contribution in [2.45, 2.75) is 11.3 Å². The van der Waals surface area contributed by atoms with Gasteiger partial charge in [0.15, 0.2) is 11.6 Å². The van der Waals surface area contributed by atoms with Gasteiger partial charge in [-0.05, 0) is 40.2 Å². The van der Waals surface area contributed by atoms with Gasteiger partial charge in [-0.1, -0.05) is 12.1 Å². The zero-order valence-electron chi connectivity index (χ0n) is 11.9. The van der Waals surface area contributed by atoms with E-state index in [4.69, 9.17) is 4.74 Å². The highest BCUT2D eigenvalue weighted by molar-refractivity contribution is 9.10. The van der Waals surface area contributed by atoms with Crippen LogP contribution in [0.1, 0.15) is 6.42 Å². The van der Waals surface area contributed by atoms with Gasteiger partial charge in [0.2, 0.25) is 5.91 Å². The number of rotatable bonds is 6. The van der Waals surface area contributed by atoms with E-state index in [1.165, 1.54) is 19.2 Å². The van der Waals surface area contributed by atoms with Crippen LogP contribution in [0.5, 0.6) is 5.75 Å². The second-order valence-electron chi connectivity index (χ2n) is 4.43. The summed E-state index contributed by atoms with van der Waals surface area (Å²) in [5, 5.41) is 2.68. The summed E-state index contributed by atoms with van der Waals surface area (Å²) in [5.74, 6) is 0.155. The number of halogens is 2. The molecule has 0 aliphatic heterocycles. The molecule has 116 valence electrons. The van der Waals surface area contributed by atoms with E-state index in [1.54, 1.807) is 17.8 Å². The minimum Gasteiger partial charge on any atom is -0.494 e.